The van der Waals surface area contributed by atoms with Crippen LogP contribution in [0.2, 0.25) is 0 Å². The average Bonchev–Trinajstić information content (AvgIpc) is 3.07. The highest BCUT2D eigenvalue weighted by atomic mass is 16.5. The molecule has 6 heteroatoms. The predicted molar refractivity (Wildman–Crippen MR) is 129 cm³/mol. The molecule has 168 valence electrons. The number of aryl methyl sites for hydroxylation is 1. The molecule has 1 aliphatic rings. The Morgan fingerprint density at radius 1 is 0.879 bits per heavy atom. The molecule has 0 spiro atoms. The van der Waals surface area contributed by atoms with Gasteiger partial charge in [-0.15, -0.1) is 0 Å². The Labute approximate surface area is 193 Å². The van der Waals surface area contributed by atoms with Gasteiger partial charge >= 0.3 is 0 Å². The molecule has 0 aromatic heterocycles. The Hall–Kier alpha value is -4.06. The van der Waals surface area contributed by atoms with Gasteiger partial charge in [0, 0.05) is 11.8 Å². The monoisotopic (exact) mass is 442 g/mol. The number of nitrogens with zero attached hydrogens (tertiary/aromatic N) is 1. The summed E-state index contributed by atoms with van der Waals surface area (Å²) in [5, 5.41) is 3.16. The maximum absolute atomic E-state index is 13.6. The zero-order chi connectivity index (χ0) is 23.4. The standard InChI is InChI=1S/C27H26N2O4/c1-4-15-33-22-13-11-19(12-14-22)24-25(28-20-8-6-10-23(17-20)32-3)27(31)29(26(24)30)21-9-5-7-18(2)16-21/h5-14,16-17,28H,4,15H2,1-3H3. The summed E-state index contributed by atoms with van der Waals surface area (Å²) in [6, 6.07) is 21.8. The Morgan fingerprint density at radius 3 is 2.33 bits per heavy atom. The fourth-order valence-corrected chi connectivity index (χ4v) is 3.70. The molecule has 0 saturated heterocycles. The molecule has 0 saturated carbocycles. The number of hydrogen-bond donors (Lipinski definition) is 1. The van der Waals surface area contributed by atoms with E-state index in [1.807, 2.05) is 62.4 Å². The largest absolute Gasteiger partial charge is 0.497 e. The summed E-state index contributed by atoms with van der Waals surface area (Å²) in [5.41, 5.74) is 3.31. The highest BCUT2D eigenvalue weighted by Crippen LogP contribution is 2.35. The van der Waals surface area contributed by atoms with Crippen LogP contribution in [0, 0.1) is 6.92 Å². The summed E-state index contributed by atoms with van der Waals surface area (Å²) < 4.78 is 11.0. The van der Waals surface area contributed by atoms with Crippen LogP contribution in [0.4, 0.5) is 11.4 Å². The van der Waals surface area contributed by atoms with E-state index in [0.717, 1.165) is 17.7 Å². The maximum Gasteiger partial charge on any atom is 0.282 e. The van der Waals surface area contributed by atoms with E-state index in [9.17, 15) is 9.59 Å². The fourth-order valence-electron chi connectivity index (χ4n) is 3.70. The Bertz CT molecular complexity index is 1210. The van der Waals surface area contributed by atoms with Gasteiger partial charge in [-0.3, -0.25) is 9.59 Å². The van der Waals surface area contributed by atoms with Gasteiger partial charge in [0.15, 0.2) is 0 Å². The van der Waals surface area contributed by atoms with Gasteiger partial charge in [-0.25, -0.2) is 4.90 Å². The van der Waals surface area contributed by atoms with Crippen molar-refractivity contribution in [2.75, 3.05) is 23.9 Å². The number of nitrogens with one attached hydrogen (secondary N) is 1. The minimum Gasteiger partial charge on any atom is -0.497 e. The van der Waals surface area contributed by atoms with Gasteiger partial charge in [-0.05, 0) is 60.9 Å². The van der Waals surface area contributed by atoms with Crippen molar-refractivity contribution in [3.63, 3.8) is 0 Å². The summed E-state index contributed by atoms with van der Waals surface area (Å²) in [5.74, 6) is 0.579. The quantitative estimate of drug-likeness (QED) is 0.487. The van der Waals surface area contributed by atoms with Crippen LogP contribution in [0.1, 0.15) is 24.5 Å². The zero-order valence-corrected chi connectivity index (χ0v) is 18.9. The number of carbonyl (C=O) groups is 2. The minimum atomic E-state index is -0.408. The van der Waals surface area contributed by atoms with Gasteiger partial charge in [0.25, 0.3) is 11.8 Å². The van der Waals surface area contributed by atoms with Crippen LogP contribution < -0.4 is 19.7 Å². The third-order valence-corrected chi connectivity index (χ3v) is 5.30. The first kappa shape index (κ1) is 22.1. The number of ether oxygens (including phenoxy) is 2. The summed E-state index contributed by atoms with van der Waals surface area (Å²) >= 11 is 0. The normalized spacial score (nSPS) is 13.5. The predicted octanol–water partition coefficient (Wildman–Crippen LogP) is 5.19. The molecule has 4 rings (SSSR count). The Balaban J connectivity index is 1.77. The van der Waals surface area contributed by atoms with E-state index in [1.54, 1.807) is 31.4 Å². The van der Waals surface area contributed by atoms with Crippen molar-refractivity contribution in [1.82, 2.24) is 0 Å². The van der Waals surface area contributed by atoms with Crippen LogP contribution in [0.15, 0.2) is 78.5 Å². The number of amides is 2. The van der Waals surface area contributed by atoms with E-state index in [1.165, 1.54) is 4.90 Å². The van der Waals surface area contributed by atoms with Crippen LogP contribution in [-0.2, 0) is 9.59 Å². The number of imide groups is 1. The molecule has 3 aromatic rings. The van der Waals surface area contributed by atoms with Gasteiger partial charge in [-0.1, -0.05) is 37.3 Å². The van der Waals surface area contributed by atoms with Gasteiger partial charge in [0.2, 0.25) is 0 Å². The number of rotatable bonds is 8. The molecule has 0 atom stereocenters. The second-order valence-electron chi connectivity index (χ2n) is 7.76. The van der Waals surface area contributed by atoms with Gasteiger partial charge < -0.3 is 14.8 Å². The molecule has 1 N–H and O–H groups in total. The molecule has 0 aliphatic carbocycles. The molecule has 0 bridgehead atoms. The molecule has 0 unspecified atom stereocenters. The smallest absolute Gasteiger partial charge is 0.282 e. The molecule has 1 heterocycles. The summed E-state index contributed by atoms with van der Waals surface area (Å²) in [6.45, 7) is 4.58. The zero-order valence-electron chi connectivity index (χ0n) is 18.9. The lowest BCUT2D eigenvalue weighted by atomic mass is 10.0. The molecule has 2 amide bonds. The van der Waals surface area contributed by atoms with Gasteiger partial charge in [-0.2, -0.15) is 0 Å². The van der Waals surface area contributed by atoms with Crippen molar-refractivity contribution in [2.45, 2.75) is 20.3 Å². The number of anilines is 2. The van der Waals surface area contributed by atoms with E-state index < -0.39 is 5.91 Å². The van der Waals surface area contributed by atoms with Crippen molar-refractivity contribution in [3.05, 3.63) is 89.6 Å². The number of benzene rings is 3. The number of methoxy groups -OCH3 is 1. The van der Waals surface area contributed by atoms with Crippen LogP contribution in [0.3, 0.4) is 0 Å². The van der Waals surface area contributed by atoms with E-state index in [2.05, 4.69) is 5.32 Å². The Morgan fingerprint density at radius 2 is 1.64 bits per heavy atom. The highest BCUT2D eigenvalue weighted by Gasteiger charge is 2.40. The third-order valence-electron chi connectivity index (χ3n) is 5.30. The van der Waals surface area contributed by atoms with Crippen LogP contribution in [0.25, 0.3) is 5.57 Å². The van der Waals surface area contributed by atoms with E-state index in [4.69, 9.17) is 9.47 Å². The van der Waals surface area contributed by atoms with Crippen LogP contribution >= 0.6 is 0 Å². The molecular weight excluding hydrogens is 416 g/mol. The lowest BCUT2D eigenvalue weighted by molar-refractivity contribution is -0.120. The second-order valence-corrected chi connectivity index (χ2v) is 7.76. The SMILES string of the molecule is CCCOc1ccc(C2=C(Nc3cccc(OC)c3)C(=O)N(c3cccc(C)c3)C2=O)cc1. The lowest BCUT2D eigenvalue weighted by Crippen LogP contribution is -2.32. The first-order chi connectivity index (χ1) is 16.0. The molecule has 0 radical (unpaired) electrons. The summed E-state index contributed by atoms with van der Waals surface area (Å²) in [6.07, 6.45) is 0.903. The third kappa shape index (κ3) is 4.60. The van der Waals surface area contributed by atoms with E-state index in [0.29, 0.717) is 34.9 Å². The van der Waals surface area contributed by atoms with Crippen molar-refractivity contribution in [1.29, 1.82) is 0 Å². The molecule has 1 aliphatic heterocycles. The van der Waals surface area contributed by atoms with Crippen LogP contribution in [-0.4, -0.2) is 25.5 Å². The topological polar surface area (TPSA) is 67.9 Å². The Kier molecular flexibility index (Phi) is 6.45. The first-order valence-corrected chi connectivity index (χ1v) is 10.9. The molecule has 3 aromatic carbocycles. The van der Waals surface area contributed by atoms with Crippen molar-refractivity contribution in [3.8, 4) is 11.5 Å². The van der Waals surface area contributed by atoms with Crippen molar-refractivity contribution < 1.29 is 19.1 Å². The summed E-state index contributed by atoms with van der Waals surface area (Å²) in [7, 11) is 1.58. The highest BCUT2D eigenvalue weighted by molar-refractivity contribution is 6.46. The number of hydrogen-bond acceptors (Lipinski definition) is 5. The van der Waals surface area contributed by atoms with Crippen LogP contribution in [0.5, 0.6) is 11.5 Å². The second kappa shape index (κ2) is 9.61. The van der Waals surface area contributed by atoms with Crippen molar-refractivity contribution >= 4 is 28.8 Å². The van der Waals surface area contributed by atoms with Gasteiger partial charge in [0.05, 0.1) is 25.0 Å². The lowest BCUT2D eigenvalue weighted by Gasteiger charge is -2.16. The first-order valence-electron chi connectivity index (χ1n) is 10.9. The molecular formula is C27H26N2O4. The summed E-state index contributed by atoms with van der Waals surface area (Å²) in [4.78, 5) is 28.3. The maximum atomic E-state index is 13.6. The number of carbonyl (C=O) groups excluding carboxylic acids is 2. The van der Waals surface area contributed by atoms with Crippen molar-refractivity contribution in [2.24, 2.45) is 0 Å². The molecule has 6 nitrogen and oxygen atoms in total. The fraction of sp³-hybridized carbons (Fsp3) is 0.185. The average molecular weight is 443 g/mol. The minimum absolute atomic E-state index is 0.219. The van der Waals surface area contributed by atoms with E-state index in [-0.39, 0.29) is 11.6 Å². The molecule has 0 fully saturated rings. The van der Waals surface area contributed by atoms with E-state index >= 15 is 0 Å². The molecule has 33 heavy (non-hydrogen) atoms. The van der Waals surface area contributed by atoms with Gasteiger partial charge in [0.1, 0.15) is 17.2 Å².